The lowest BCUT2D eigenvalue weighted by atomic mass is 9.82. The number of ketones is 2. The lowest BCUT2D eigenvalue weighted by Gasteiger charge is -2.37. The summed E-state index contributed by atoms with van der Waals surface area (Å²) in [6, 6.07) is 5.56. The highest BCUT2D eigenvalue weighted by molar-refractivity contribution is 6.30. The van der Waals surface area contributed by atoms with Crippen LogP contribution in [0.3, 0.4) is 0 Å². The normalized spacial score (nSPS) is 26.3. The van der Waals surface area contributed by atoms with Gasteiger partial charge in [0.05, 0.1) is 16.7 Å². The van der Waals surface area contributed by atoms with E-state index in [1.807, 2.05) is 0 Å². The van der Waals surface area contributed by atoms with Crippen LogP contribution in [0, 0.1) is 0 Å². The summed E-state index contributed by atoms with van der Waals surface area (Å²) < 4.78 is 9.75. The molecule has 0 spiro atoms. The van der Waals surface area contributed by atoms with Crippen molar-refractivity contribution in [2.75, 3.05) is 0 Å². The molecule has 172 valence electrons. The number of hydrogen-bond donors (Lipinski definition) is 6. The van der Waals surface area contributed by atoms with Crippen LogP contribution in [0.15, 0.2) is 30.3 Å². The Hall–Kier alpha value is -3.84. The number of aromatic hydroxyl groups is 2. The molecule has 33 heavy (non-hydrogen) atoms. The van der Waals surface area contributed by atoms with Gasteiger partial charge in [-0.05, 0) is 18.2 Å². The first-order valence-corrected chi connectivity index (χ1v) is 9.44. The Morgan fingerprint density at radius 3 is 2.18 bits per heavy atom. The number of aliphatic carboxylic acids is 1. The molecule has 5 atom stereocenters. The maximum atomic E-state index is 12.9. The molecule has 3 unspecified atom stereocenters. The number of aliphatic hydroxyl groups excluding tert-OH is 3. The topological polar surface area (TPSA) is 208 Å². The van der Waals surface area contributed by atoms with Crippen LogP contribution in [0.4, 0.5) is 0 Å². The van der Waals surface area contributed by atoms with Crippen LogP contribution in [0.2, 0.25) is 0 Å². The van der Waals surface area contributed by atoms with Crippen molar-refractivity contribution in [3.8, 4) is 11.5 Å². The van der Waals surface area contributed by atoms with Gasteiger partial charge in [0.1, 0.15) is 29.8 Å². The zero-order valence-corrected chi connectivity index (χ0v) is 16.4. The minimum absolute atomic E-state index is 0.148. The van der Waals surface area contributed by atoms with E-state index < -0.39 is 76.8 Å². The highest BCUT2D eigenvalue weighted by Gasteiger charge is 2.48. The summed E-state index contributed by atoms with van der Waals surface area (Å²) in [5.74, 6) is -5.83. The Labute approximate surface area is 183 Å². The SMILES string of the molecule is O=C(O[C@H]1OC(C(=O)O)[C@H](O)C(O)C1O)c1cc(O)c2c(c1)C(=O)c1cccc(O)c1C2=O. The second-order valence-corrected chi connectivity index (χ2v) is 7.42. The van der Waals surface area contributed by atoms with Gasteiger partial charge >= 0.3 is 11.9 Å². The van der Waals surface area contributed by atoms with Crippen molar-refractivity contribution in [1.29, 1.82) is 0 Å². The van der Waals surface area contributed by atoms with Gasteiger partial charge in [0.25, 0.3) is 0 Å². The summed E-state index contributed by atoms with van der Waals surface area (Å²) in [6.07, 6.45) is -10.0. The Bertz CT molecular complexity index is 1200. The van der Waals surface area contributed by atoms with Crippen molar-refractivity contribution < 1.29 is 59.3 Å². The third-order valence-corrected chi connectivity index (χ3v) is 5.38. The number of hydrogen-bond acceptors (Lipinski definition) is 11. The van der Waals surface area contributed by atoms with Gasteiger partial charge in [0.2, 0.25) is 12.1 Å². The number of benzene rings is 2. The van der Waals surface area contributed by atoms with Crippen molar-refractivity contribution in [2.24, 2.45) is 0 Å². The standard InChI is InChI=1S/C21H16O12/c22-9-3-1-2-7-11(9)14(25)12-8(13(7)24)4-6(5-10(12)23)20(31)33-21-17(28)15(26)16(27)18(32-21)19(29)30/h1-5,15-18,21-23,26-28H,(H,29,30)/t15?,16-,17?,18?,21-/m1/s1. The van der Waals surface area contributed by atoms with Crippen LogP contribution in [0.5, 0.6) is 11.5 Å². The Balaban J connectivity index is 1.66. The van der Waals surface area contributed by atoms with Crippen LogP contribution >= 0.6 is 0 Å². The number of carbonyl (C=O) groups is 4. The number of aliphatic hydroxyl groups is 3. The van der Waals surface area contributed by atoms with Crippen molar-refractivity contribution in [3.05, 3.63) is 58.1 Å². The lowest BCUT2D eigenvalue weighted by molar-refractivity contribution is -0.278. The molecule has 0 amide bonds. The minimum atomic E-state index is -2.02. The van der Waals surface area contributed by atoms with Gasteiger partial charge in [-0.3, -0.25) is 9.59 Å². The number of carboxylic acids is 1. The Morgan fingerprint density at radius 2 is 1.52 bits per heavy atom. The first kappa shape index (κ1) is 22.4. The van der Waals surface area contributed by atoms with E-state index >= 15 is 0 Å². The van der Waals surface area contributed by atoms with E-state index in [9.17, 15) is 44.7 Å². The number of ether oxygens (including phenoxy) is 2. The quantitative estimate of drug-likeness (QED) is 0.258. The molecule has 2 aliphatic rings. The number of rotatable bonds is 3. The van der Waals surface area contributed by atoms with Gasteiger partial charge in [-0.15, -0.1) is 0 Å². The minimum Gasteiger partial charge on any atom is -0.507 e. The fraction of sp³-hybridized carbons (Fsp3) is 0.238. The van der Waals surface area contributed by atoms with Crippen LogP contribution in [-0.2, 0) is 14.3 Å². The van der Waals surface area contributed by atoms with Gasteiger partial charge in [-0.25, -0.2) is 9.59 Å². The van der Waals surface area contributed by atoms with Crippen LogP contribution in [0.1, 0.15) is 42.2 Å². The van der Waals surface area contributed by atoms with Gasteiger partial charge < -0.3 is 40.1 Å². The van der Waals surface area contributed by atoms with E-state index in [0.29, 0.717) is 0 Å². The molecular weight excluding hydrogens is 444 g/mol. The summed E-state index contributed by atoms with van der Waals surface area (Å²) in [7, 11) is 0. The molecule has 2 aromatic carbocycles. The molecule has 12 heteroatoms. The third kappa shape index (κ3) is 3.50. The molecule has 0 radical (unpaired) electrons. The maximum absolute atomic E-state index is 12.9. The molecule has 4 rings (SSSR count). The first-order valence-electron chi connectivity index (χ1n) is 9.44. The largest absolute Gasteiger partial charge is 0.507 e. The zero-order chi connectivity index (χ0) is 24.2. The highest BCUT2D eigenvalue weighted by Crippen LogP contribution is 2.37. The molecule has 12 nitrogen and oxygen atoms in total. The monoisotopic (exact) mass is 460 g/mol. The van der Waals surface area contributed by atoms with E-state index in [2.05, 4.69) is 0 Å². The number of esters is 1. The van der Waals surface area contributed by atoms with E-state index in [-0.39, 0.29) is 16.7 Å². The Kier molecular flexibility index (Phi) is 5.38. The number of phenolic OH excluding ortho intramolecular Hbond substituents is 2. The second-order valence-electron chi connectivity index (χ2n) is 7.42. The first-order chi connectivity index (χ1) is 15.5. The average molecular weight is 460 g/mol. The molecule has 1 heterocycles. The number of fused-ring (bicyclic) bond motifs is 2. The van der Waals surface area contributed by atoms with Gasteiger partial charge in [0.15, 0.2) is 11.9 Å². The predicted octanol–water partition coefficient (Wildman–Crippen LogP) is -1.08. The summed E-state index contributed by atoms with van der Waals surface area (Å²) >= 11 is 0. The van der Waals surface area contributed by atoms with Crippen LogP contribution < -0.4 is 0 Å². The molecule has 1 fully saturated rings. The number of phenols is 2. The zero-order valence-electron chi connectivity index (χ0n) is 16.4. The molecule has 0 bridgehead atoms. The molecule has 0 saturated carbocycles. The molecule has 1 saturated heterocycles. The van der Waals surface area contributed by atoms with Crippen LogP contribution in [0.25, 0.3) is 0 Å². The predicted molar refractivity (Wildman–Crippen MR) is 103 cm³/mol. The summed E-state index contributed by atoms with van der Waals surface area (Å²) in [5.41, 5.74) is -1.70. The fourth-order valence-electron chi connectivity index (χ4n) is 3.72. The lowest BCUT2D eigenvalue weighted by Crippen LogP contribution is -2.60. The van der Waals surface area contributed by atoms with E-state index in [1.165, 1.54) is 18.2 Å². The van der Waals surface area contributed by atoms with E-state index in [0.717, 1.165) is 12.1 Å². The van der Waals surface area contributed by atoms with Crippen molar-refractivity contribution in [2.45, 2.75) is 30.7 Å². The fourth-order valence-corrected chi connectivity index (χ4v) is 3.72. The highest BCUT2D eigenvalue weighted by atomic mass is 16.7. The molecular formula is C21H16O12. The van der Waals surface area contributed by atoms with Crippen molar-refractivity contribution >= 4 is 23.5 Å². The molecule has 6 N–H and O–H groups in total. The molecule has 2 aromatic rings. The summed E-state index contributed by atoms with van der Waals surface area (Å²) in [6.45, 7) is 0. The smallest absolute Gasteiger partial charge is 0.340 e. The third-order valence-electron chi connectivity index (χ3n) is 5.38. The molecule has 1 aliphatic carbocycles. The number of carbonyl (C=O) groups excluding carboxylic acids is 3. The van der Waals surface area contributed by atoms with Crippen molar-refractivity contribution in [3.63, 3.8) is 0 Å². The number of carboxylic acid groups (broad SMARTS) is 1. The summed E-state index contributed by atoms with van der Waals surface area (Å²) in [5, 5.41) is 58.9. The van der Waals surface area contributed by atoms with Gasteiger partial charge in [0, 0.05) is 11.1 Å². The molecule has 0 aromatic heterocycles. The molecule has 1 aliphatic heterocycles. The average Bonchev–Trinajstić information content (AvgIpc) is 2.76. The van der Waals surface area contributed by atoms with Crippen LogP contribution in [-0.4, -0.2) is 84.9 Å². The van der Waals surface area contributed by atoms with Gasteiger partial charge in [-0.2, -0.15) is 0 Å². The second kappa shape index (κ2) is 7.94. The van der Waals surface area contributed by atoms with E-state index in [4.69, 9.17) is 14.6 Å². The maximum Gasteiger partial charge on any atom is 0.340 e. The van der Waals surface area contributed by atoms with E-state index in [1.54, 1.807) is 0 Å². The summed E-state index contributed by atoms with van der Waals surface area (Å²) in [4.78, 5) is 49.4. The Morgan fingerprint density at radius 1 is 0.848 bits per heavy atom. The van der Waals surface area contributed by atoms with Gasteiger partial charge in [-0.1, -0.05) is 12.1 Å². The van der Waals surface area contributed by atoms with Crippen molar-refractivity contribution in [1.82, 2.24) is 0 Å².